The van der Waals surface area contributed by atoms with E-state index in [0.29, 0.717) is 17.6 Å². The smallest absolute Gasteiger partial charge is 0.247 e. The van der Waals surface area contributed by atoms with Gasteiger partial charge in [-0.15, -0.1) is 0 Å². The Kier molecular flexibility index (Phi) is 3.12. The van der Waals surface area contributed by atoms with Crippen LogP contribution >= 0.6 is 11.6 Å². The lowest BCUT2D eigenvalue weighted by Gasteiger charge is -2.45. The summed E-state index contributed by atoms with van der Waals surface area (Å²) in [6, 6.07) is 1.76. The van der Waals surface area contributed by atoms with Crippen LogP contribution in [0.1, 0.15) is 38.4 Å². The van der Waals surface area contributed by atoms with Crippen LogP contribution in [0.2, 0.25) is 5.15 Å². The summed E-state index contributed by atoms with van der Waals surface area (Å²) in [7, 11) is 1.84. The number of amides is 1. The van der Waals surface area contributed by atoms with Gasteiger partial charge >= 0.3 is 0 Å². The molecule has 0 radical (unpaired) electrons. The van der Waals surface area contributed by atoms with Gasteiger partial charge in [0.2, 0.25) is 5.91 Å². The zero-order valence-electron chi connectivity index (χ0n) is 12.1. The maximum absolute atomic E-state index is 12.4. The third-order valence-electron chi connectivity index (χ3n) is 4.12. The summed E-state index contributed by atoms with van der Waals surface area (Å²) in [6.07, 6.45) is 2.26. The Morgan fingerprint density at radius 3 is 2.65 bits per heavy atom. The van der Waals surface area contributed by atoms with Gasteiger partial charge in [-0.3, -0.25) is 4.79 Å². The topological polar surface area (TPSA) is 49.3 Å². The summed E-state index contributed by atoms with van der Waals surface area (Å²) in [5, 5.41) is 0.457. The average Bonchev–Trinajstić information content (AvgIpc) is 3.19. The molecule has 1 saturated heterocycles. The summed E-state index contributed by atoms with van der Waals surface area (Å²) in [5.41, 5.74) is -0.606. The zero-order chi connectivity index (χ0) is 14.5. The number of carbonyl (C=O) groups excluding carboxylic acids is 1. The average molecular weight is 295 g/mol. The number of hydrogen-bond acceptors (Lipinski definition) is 4. The molecule has 1 aromatic heterocycles. The molecule has 1 aliphatic carbocycles. The van der Waals surface area contributed by atoms with E-state index in [1.807, 2.05) is 25.8 Å². The molecular weight excluding hydrogens is 276 g/mol. The fraction of sp³-hybridized carbons (Fsp3) is 0.643. The number of nitrogens with zero attached hydrogens (tertiary/aromatic N) is 4. The van der Waals surface area contributed by atoms with E-state index < -0.39 is 5.54 Å². The largest absolute Gasteiger partial charge is 0.342 e. The van der Waals surface area contributed by atoms with Crippen LogP contribution in [0.4, 0.5) is 5.82 Å². The Labute approximate surface area is 123 Å². The third-order valence-corrected chi connectivity index (χ3v) is 4.32. The van der Waals surface area contributed by atoms with Gasteiger partial charge in [-0.1, -0.05) is 11.6 Å². The number of likely N-dealkylation sites (N-methyl/N-ethyl adjacent to an activating group) is 1. The second-order valence-electron chi connectivity index (χ2n) is 6.12. The van der Waals surface area contributed by atoms with Gasteiger partial charge in [0.1, 0.15) is 22.3 Å². The molecule has 1 amide bonds. The molecule has 2 heterocycles. The van der Waals surface area contributed by atoms with Gasteiger partial charge in [0, 0.05) is 32.1 Å². The summed E-state index contributed by atoms with van der Waals surface area (Å²) >= 11 is 6.13. The first kappa shape index (κ1) is 13.6. The van der Waals surface area contributed by atoms with Crippen molar-refractivity contribution in [3.05, 3.63) is 17.0 Å². The molecule has 2 aliphatic rings. The Bertz CT molecular complexity index is 556. The highest BCUT2D eigenvalue weighted by Gasteiger charge is 2.41. The van der Waals surface area contributed by atoms with Gasteiger partial charge in [-0.25, -0.2) is 9.97 Å². The third kappa shape index (κ3) is 2.24. The quantitative estimate of drug-likeness (QED) is 0.784. The maximum Gasteiger partial charge on any atom is 0.247 e. The van der Waals surface area contributed by atoms with E-state index >= 15 is 0 Å². The first-order chi connectivity index (χ1) is 9.39. The van der Waals surface area contributed by atoms with Crippen LogP contribution in [-0.2, 0) is 4.79 Å². The van der Waals surface area contributed by atoms with Crippen molar-refractivity contribution < 1.29 is 4.79 Å². The highest BCUT2D eigenvalue weighted by atomic mass is 35.5. The molecule has 6 heteroatoms. The van der Waals surface area contributed by atoms with Crippen LogP contribution in [0.5, 0.6) is 0 Å². The molecule has 5 nitrogen and oxygen atoms in total. The highest BCUT2D eigenvalue weighted by molar-refractivity contribution is 6.29. The van der Waals surface area contributed by atoms with E-state index in [0.717, 1.165) is 31.0 Å². The van der Waals surface area contributed by atoms with Gasteiger partial charge in [-0.2, -0.15) is 0 Å². The van der Waals surface area contributed by atoms with Crippen LogP contribution in [-0.4, -0.2) is 46.5 Å². The minimum absolute atomic E-state index is 0.103. The second kappa shape index (κ2) is 4.58. The van der Waals surface area contributed by atoms with Crippen molar-refractivity contribution in [1.82, 2.24) is 14.9 Å². The molecule has 0 atom stereocenters. The fourth-order valence-corrected chi connectivity index (χ4v) is 2.88. The molecule has 0 unspecified atom stereocenters. The number of halogens is 1. The number of aromatic nitrogens is 2. The van der Waals surface area contributed by atoms with Crippen LogP contribution in [0.25, 0.3) is 0 Å². The van der Waals surface area contributed by atoms with E-state index in [1.54, 1.807) is 11.0 Å². The van der Waals surface area contributed by atoms with Crippen LogP contribution in [0, 0.1) is 0 Å². The molecular formula is C14H19ClN4O. The summed E-state index contributed by atoms with van der Waals surface area (Å²) < 4.78 is 0. The van der Waals surface area contributed by atoms with Crippen molar-refractivity contribution >= 4 is 23.3 Å². The first-order valence-corrected chi connectivity index (χ1v) is 7.35. The normalized spacial score (nSPS) is 22.3. The molecule has 1 aliphatic heterocycles. The summed E-state index contributed by atoms with van der Waals surface area (Å²) in [5.74, 6) is 2.12. The minimum Gasteiger partial charge on any atom is -0.342 e. The predicted octanol–water partition coefficient (Wildman–Crippen LogP) is 2.06. The van der Waals surface area contributed by atoms with Crippen LogP contribution < -0.4 is 4.90 Å². The monoisotopic (exact) mass is 294 g/mol. The highest BCUT2D eigenvalue weighted by Crippen LogP contribution is 2.39. The number of carbonyl (C=O) groups is 1. The van der Waals surface area contributed by atoms with Crippen LogP contribution in [0.3, 0.4) is 0 Å². The standard InChI is InChI=1S/C14H19ClN4O/c1-14(2)13(20)18(3)6-7-19(14)11-8-10(15)16-12(17-11)9-4-5-9/h8-9H,4-7H2,1-3H3. The number of piperazine rings is 1. The Hall–Kier alpha value is -1.36. The molecule has 0 aromatic carbocycles. The van der Waals surface area contributed by atoms with Gasteiger partial charge < -0.3 is 9.80 Å². The molecule has 2 fully saturated rings. The van der Waals surface area contributed by atoms with E-state index in [1.165, 1.54) is 0 Å². The van der Waals surface area contributed by atoms with Crippen molar-refractivity contribution in [1.29, 1.82) is 0 Å². The fourth-order valence-electron chi connectivity index (χ4n) is 2.70. The van der Waals surface area contributed by atoms with Gasteiger partial charge in [0.05, 0.1) is 0 Å². The minimum atomic E-state index is -0.606. The van der Waals surface area contributed by atoms with Crippen molar-refractivity contribution in [3.8, 4) is 0 Å². The van der Waals surface area contributed by atoms with Gasteiger partial charge in [0.15, 0.2) is 0 Å². The van der Waals surface area contributed by atoms with Crippen molar-refractivity contribution in [2.24, 2.45) is 0 Å². The van der Waals surface area contributed by atoms with Crippen molar-refractivity contribution in [2.75, 3.05) is 25.0 Å². The van der Waals surface area contributed by atoms with Crippen molar-refractivity contribution in [2.45, 2.75) is 38.1 Å². The van der Waals surface area contributed by atoms with Crippen LogP contribution in [0.15, 0.2) is 6.07 Å². The summed E-state index contributed by atoms with van der Waals surface area (Å²) in [4.78, 5) is 25.1. The molecule has 1 saturated carbocycles. The molecule has 0 N–H and O–H groups in total. The van der Waals surface area contributed by atoms with E-state index in [2.05, 4.69) is 9.97 Å². The molecule has 1 aromatic rings. The molecule has 108 valence electrons. The van der Waals surface area contributed by atoms with E-state index in [4.69, 9.17) is 11.6 Å². The Morgan fingerprint density at radius 2 is 2.00 bits per heavy atom. The van der Waals surface area contributed by atoms with Crippen molar-refractivity contribution in [3.63, 3.8) is 0 Å². The number of rotatable bonds is 2. The predicted molar refractivity (Wildman–Crippen MR) is 78.1 cm³/mol. The molecule has 0 bridgehead atoms. The molecule has 20 heavy (non-hydrogen) atoms. The lowest BCUT2D eigenvalue weighted by molar-refractivity contribution is -0.136. The Balaban J connectivity index is 1.97. The maximum atomic E-state index is 12.4. The van der Waals surface area contributed by atoms with E-state index in [9.17, 15) is 4.79 Å². The Morgan fingerprint density at radius 1 is 1.30 bits per heavy atom. The molecule has 3 rings (SSSR count). The SMILES string of the molecule is CN1CCN(c2cc(Cl)nc(C3CC3)n2)C(C)(C)C1=O. The second-order valence-corrected chi connectivity index (χ2v) is 6.51. The number of anilines is 1. The lowest BCUT2D eigenvalue weighted by Crippen LogP contribution is -2.62. The van der Waals surface area contributed by atoms with E-state index in [-0.39, 0.29) is 5.91 Å². The first-order valence-electron chi connectivity index (χ1n) is 6.97. The van der Waals surface area contributed by atoms with Gasteiger partial charge in [-0.05, 0) is 26.7 Å². The molecule has 0 spiro atoms. The van der Waals surface area contributed by atoms with Gasteiger partial charge in [0.25, 0.3) is 0 Å². The lowest BCUT2D eigenvalue weighted by atomic mass is 9.98. The summed E-state index contributed by atoms with van der Waals surface area (Å²) in [6.45, 7) is 5.31. The zero-order valence-corrected chi connectivity index (χ0v) is 12.8. The number of hydrogen-bond donors (Lipinski definition) is 0.